The van der Waals surface area contributed by atoms with Gasteiger partial charge in [-0.25, -0.2) is 0 Å². The van der Waals surface area contributed by atoms with Crippen molar-refractivity contribution in [3.05, 3.63) is 185 Å². The number of hydrogen-bond donors (Lipinski definition) is 1. The Bertz CT molecular complexity index is 3350. The van der Waals surface area contributed by atoms with E-state index in [2.05, 4.69) is 10.3 Å². The number of halogens is 1. The molecule has 7 aromatic carbocycles. The lowest BCUT2D eigenvalue weighted by atomic mass is 9.82. The summed E-state index contributed by atoms with van der Waals surface area (Å²) < 4.78 is 25.8. The standard InChI is InChI=1S/C54H45FN6O5Si/c1-32-50(67(2,3)55)46(27-28-58-31-42(56-57-58)49(62)36-11-5-4-6-12-36)66-54(32)41-29-38(61-45-20-10-16-35-14-8-18-40(48(35)45)52(61)64)25-26-43(41)59(53(54)65)30-33-21-23-37(24-22-33)60-44-19-9-15-34-13-7-17-39(47(34)44)51(60)63/h4-26,29,31-32,46,49-50,62H,27-28,30H2,1-3H3/t32-,46+,49-,50-,54+/m1/s1. The monoisotopic (exact) mass is 904 g/mol. The topological polar surface area (TPSA) is 121 Å². The number of benzene rings is 7. The van der Waals surface area contributed by atoms with Crippen molar-refractivity contribution in [2.75, 3.05) is 14.7 Å². The Hall–Kier alpha value is -7.32. The molecule has 4 aliphatic heterocycles. The number of hydrogen-bond acceptors (Lipinski definition) is 7. The molecule has 0 radical (unpaired) electrons. The number of ether oxygens (including phenoxy) is 1. The molecule has 11 nitrogen and oxygen atoms in total. The van der Waals surface area contributed by atoms with E-state index in [1.54, 1.807) is 38.7 Å². The molecule has 1 aromatic heterocycles. The van der Waals surface area contributed by atoms with Gasteiger partial charge in [0.05, 0.1) is 47.0 Å². The van der Waals surface area contributed by atoms with Crippen LogP contribution in [0, 0.1) is 5.92 Å². The van der Waals surface area contributed by atoms with Crippen LogP contribution in [0.15, 0.2) is 152 Å². The van der Waals surface area contributed by atoms with Crippen LogP contribution in [0.2, 0.25) is 18.6 Å². The van der Waals surface area contributed by atoms with Crippen LogP contribution in [0.1, 0.15) is 62.5 Å². The summed E-state index contributed by atoms with van der Waals surface area (Å²) in [5, 5.41) is 23.4. The van der Waals surface area contributed by atoms with E-state index >= 15 is 8.90 Å². The summed E-state index contributed by atoms with van der Waals surface area (Å²) >= 11 is 0. The van der Waals surface area contributed by atoms with Crippen LogP contribution < -0.4 is 14.7 Å². The number of fused-ring (bicyclic) bond motifs is 2. The van der Waals surface area contributed by atoms with E-state index in [9.17, 15) is 14.7 Å². The predicted molar refractivity (Wildman–Crippen MR) is 258 cm³/mol. The zero-order valence-corrected chi connectivity index (χ0v) is 38.0. The highest BCUT2D eigenvalue weighted by Crippen LogP contribution is 2.61. The molecule has 1 N–H and O–H groups in total. The van der Waals surface area contributed by atoms with Crippen LogP contribution in [0.25, 0.3) is 21.5 Å². The molecule has 0 unspecified atom stereocenters. The largest absolute Gasteiger partial charge is 0.382 e. The second-order valence-electron chi connectivity index (χ2n) is 18.7. The minimum Gasteiger partial charge on any atom is -0.382 e. The molecular formula is C54H45FN6O5Si. The Morgan fingerprint density at radius 2 is 1.33 bits per heavy atom. The highest BCUT2D eigenvalue weighted by atomic mass is 28.4. The van der Waals surface area contributed by atoms with Crippen molar-refractivity contribution in [1.29, 1.82) is 0 Å². The van der Waals surface area contributed by atoms with Crippen LogP contribution in [0.4, 0.5) is 32.5 Å². The first-order chi connectivity index (χ1) is 32.4. The summed E-state index contributed by atoms with van der Waals surface area (Å²) in [6.45, 7) is 5.77. The fourth-order valence-corrected chi connectivity index (χ4v) is 14.0. The number of aromatic nitrogens is 3. The summed E-state index contributed by atoms with van der Waals surface area (Å²) in [7, 11) is -3.55. The number of aliphatic hydroxyl groups is 1. The van der Waals surface area contributed by atoms with Crippen LogP contribution in [-0.2, 0) is 28.2 Å². The lowest BCUT2D eigenvalue weighted by Gasteiger charge is -2.31. The number of amides is 3. The molecule has 0 aliphatic carbocycles. The molecule has 332 valence electrons. The molecule has 1 spiro atoms. The van der Waals surface area contributed by atoms with Gasteiger partial charge in [-0.1, -0.05) is 103 Å². The van der Waals surface area contributed by atoms with E-state index < -0.39 is 37.7 Å². The highest BCUT2D eigenvalue weighted by molar-refractivity contribution is 6.72. The Labute approximate surface area is 386 Å². The molecule has 67 heavy (non-hydrogen) atoms. The summed E-state index contributed by atoms with van der Waals surface area (Å²) in [5.41, 5.74) is 5.06. The number of nitrogens with zero attached hydrogens (tertiary/aromatic N) is 6. The van der Waals surface area contributed by atoms with Crippen molar-refractivity contribution in [2.24, 2.45) is 5.92 Å². The molecule has 0 saturated carbocycles. The highest BCUT2D eigenvalue weighted by Gasteiger charge is 2.66. The smallest absolute Gasteiger partial charge is 0.264 e. The van der Waals surface area contributed by atoms with Gasteiger partial charge in [0.25, 0.3) is 17.7 Å². The third-order valence-corrected chi connectivity index (χ3v) is 16.9. The van der Waals surface area contributed by atoms with Gasteiger partial charge < -0.3 is 18.9 Å². The number of anilines is 5. The number of carbonyl (C=O) groups is 3. The van der Waals surface area contributed by atoms with E-state index in [0.717, 1.165) is 38.5 Å². The Balaban J connectivity index is 0.906. The zero-order valence-electron chi connectivity index (χ0n) is 37.0. The van der Waals surface area contributed by atoms with Crippen molar-refractivity contribution in [3.63, 3.8) is 0 Å². The molecule has 0 bridgehead atoms. The second kappa shape index (κ2) is 15.1. The fourth-order valence-electron chi connectivity index (χ4n) is 11.5. The van der Waals surface area contributed by atoms with Gasteiger partial charge in [-0.2, -0.15) is 0 Å². The molecule has 5 atom stereocenters. The molecule has 3 amide bonds. The number of aryl methyl sites for hydroxylation is 1. The first-order valence-corrected chi connectivity index (χ1v) is 25.7. The summed E-state index contributed by atoms with van der Waals surface area (Å²) in [6.07, 6.45) is 0.385. The lowest BCUT2D eigenvalue weighted by molar-refractivity contribution is -0.146. The third kappa shape index (κ3) is 6.18. The molecule has 13 heteroatoms. The predicted octanol–water partition coefficient (Wildman–Crippen LogP) is 10.7. The maximum absolute atomic E-state index is 17.0. The normalized spacial score (nSPS) is 21.2. The molecule has 8 aromatic rings. The van der Waals surface area contributed by atoms with Gasteiger partial charge >= 0.3 is 0 Å². The van der Waals surface area contributed by atoms with E-state index in [0.29, 0.717) is 58.0 Å². The zero-order chi connectivity index (χ0) is 45.9. The maximum Gasteiger partial charge on any atom is 0.264 e. The molecular weight excluding hydrogens is 860 g/mol. The molecule has 1 saturated heterocycles. The Morgan fingerprint density at radius 1 is 0.731 bits per heavy atom. The van der Waals surface area contributed by atoms with Gasteiger partial charge in [-0.05, 0) is 96.0 Å². The van der Waals surface area contributed by atoms with Gasteiger partial charge in [0.15, 0.2) is 5.60 Å². The van der Waals surface area contributed by atoms with E-state index in [1.807, 2.05) is 153 Å². The van der Waals surface area contributed by atoms with Crippen molar-refractivity contribution < 1.29 is 28.3 Å². The maximum atomic E-state index is 17.0. The summed E-state index contributed by atoms with van der Waals surface area (Å²) in [6, 6.07) is 45.8. The lowest BCUT2D eigenvalue weighted by Crippen LogP contribution is -2.45. The van der Waals surface area contributed by atoms with Gasteiger partial charge in [-0.3, -0.25) is 28.9 Å². The SMILES string of the molecule is C[C@@H]1[C@@H]([Si](C)(C)F)[C@H](CCn2cc([C@H](O)c3ccccc3)nn2)O[C@@]12C(=O)N(Cc1ccc(N3C(=O)c4cccc5cccc3c45)cc1)c1ccc(N3C(=O)c4cccc5cccc3c45)cc12. The average Bonchev–Trinajstić information content (AvgIpc) is 4.13. The summed E-state index contributed by atoms with van der Waals surface area (Å²) in [5.74, 6) is -1.16. The number of carbonyl (C=O) groups excluding carboxylic acids is 3. The van der Waals surface area contributed by atoms with Gasteiger partial charge in [0, 0.05) is 45.7 Å². The van der Waals surface area contributed by atoms with E-state index in [1.165, 1.54) is 0 Å². The van der Waals surface area contributed by atoms with Crippen LogP contribution in [-0.4, -0.2) is 52.3 Å². The third-order valence-electron chi connectivity index (χ3n) is 14.4. The van der Waals surface area contributed by atoms with Crippen molar-refractivity contribution in [2.45, 2.75) is 62.9 Å². The Kier molecular flexibility index (Phi) is 9.27. The second-order valence-corrected chi connectivity index (χ2v) is 22.5. The quantitative estimate of drug-likeness (QED) is 0.107. The number of aliphatic hydroxyl groups excluding tert-OH is 1. The minimum absolute atomic E-state index is 0.0957. The molecule has 5 heterocycles. The first kappa shape index (κ1) is 41.1. The first-order valence-electron chi connectivity index (χ1n) is 22.7. The molecule has 1 fully saturated rings. The minimum atomic E-state index is -3.55. The molecule has 12 rings (SSSR count). The van der Waals surface area contributed by atoms with E-state index in [4.69, 9.17) is 4.74 Å². The summed E-state index contributed by atoms with van der Waals surface area (Å²) in [4.78, 5) is 48.8. The van der Waals surface area contributed by atoms with Crippen LogP contribution >= 0.6 is 0 Å². The number of rotatable bonds is 10. The van der Waals surface area contributed by atoms with Crippen molar-refractivity contribution >= 4 is 76.1 Å². The van der Waals surface area contributed by atoms with Gasteiger partial charge in [-0.15, -0.1) is 5.10 Å². The fraction of sp³-hybridized carbons (Fsp3) is 0.204. The van der Waals surface area contributed by atoms with Gasteiger partial charge in [0.1, 0.15) is 11.8 Å². The Morgan fingerprint density at radius 3 is 1.96 bits per heavy atom. The average molecular weight is 905 g/mol. The molecule has 4 aliphatic rings. The van der Waals surface area contributed by atoms with E-state index in [-0.39, 0.29) is 24.3 Å². The van der Waals surface area contributed by atoms with Crippen LogP contribution in [0.5, 0.6) is 0 Å². The van der Waals surface area contributed by atoms with Gasteiger partial charge in [0.2, 0.25) is 8.41 Å². The van der Waals surface area contributed by atoms with Crippen molar-refractivity contribution in [3.8, 4) is 0 Å². The van der Waals surface area contributed by atoms with Crippen LogP contribution in [0.3, 0.4) is 0 Å². The van der Waals surface area contributed by atoms with Crippen molar-refractivity contribution in [1.82, 2.24) is 15.0 Å².